The summed E-state index contributed by atoms with van der Waals surface area (Å²) in [5.41, 5.74) is 2.27. The van der Waals surface area contributed by atoms with Gasteiger partial charge in [0.15, 0.2) is 5.90 Å². The van der Waals surface area contributed by atoms with Gasteiger partial charge in [0.1, 0.15) is 0 Å². The van der Waals surface area contributed by atoms with Crippen LogP contribution >= 0.6 is 0 Å². The molecule has 0 amide bonds. The summed E-state index contributed by atoms with van der Waals surface area (Å²) < 4.78 is 24.0. The van der Waals surface area contributed by atoms with Crippen LogP contribution in [-0.2, 0) is 9.47 Å². The van der Waals surface area contributed by atoms with Crippen molar-refractivity contribution in [1.82, 2.24) is 9.97 Å². The van der Waals surface area contributed by atoms with Gasteiger partial charge in [-0.05, 0) is 85.1 Å². The highest BCUT2D eigenvalue weighted by Crippen LogP contribution is 2.65. The van der Waals surface area contributed by atoms with Gasteiger partial charge in [-0.1, -0.05) is 30.3 Å². The number of benzene rings is 1. The molecule has 0 bridgehead atoms. The molecule has 0 radical (unpaired) electrons. The summed E-state index contributed by atoms with van der Waals surface area (Å²) in [6.07, 6.45) is 1.02. The number of nitrogens with zero attached hydrogens (tertiary/aromatic N) is 4. The lowest BCUT2D eigenvalue weighted by Crippen LogP contribution is -2.36. The van der Waals surface area contributed by atoms with Gasteiger partial charge in [0.05, 0.1) is 42.1 Å². The monoisotopic (exact) mass is 534 g/mol. The Labute approximate surface area is 232 Å². The van der Waals surface area contributed by atoms with Crippen LogP contribution in [0, 0.1) is 17.8 Å². The highest BCUT2D eigenvalue weighted by atomic mass is 16.5. The van der Waals surface area contributed by atoms with Crippen molar-refractivity contribution >= 4 is 11.9 Å². The predicted octanol–water partition coefficient (Wildman–Crippen LogP) is 6.17. The Bertz CT molecular complexity index is 1180. The Morgan fingerprint density at radius 1 is 0.744 bits per heavy atom. The topological polar surface area (TPSA) is 87.4 Å². The molecular formula is C31H42N4O4. The number of aliphatic imine (C=N–C) groups is 2. The molecule has 0 N–H and O–H groups in total. The summed E-state index contributed by atoms with van der Waals surface area (Å²) in [5.74, 6) is 2.76. The second-order valence-electron chi connectivity index (χ2n) is 12.0. The molecule has 0 spiro atoms. The number of ether oxygens (including phenoxy) is 4. The molecule has 39 heavy (non-hydrogen) atoms. The van der Waals surface area contributed by atoms with Gasteiger partial charge < -0.3 is 18.9 Å². The Morgan fingerprint density at radius 2 is 1.41 bits per heavy atom. The van der Waals surface area contributed by atoms with Crippen molar-refractivity contribution < 1.29 is 18.9 Å². The molecule has 210 valence electrons. The maximum atomic E-state index is 6.20. The van der Waals surface area contributed by atoms with Gasteiger partial charge >= 0.3 is 12.0 Å². The van der Waals surface area contributed by atoms with E-state index in [1.807, 2.05) is 61.5 Å². The van der Waals surface area contributed by atoms with Gasteiger partial charge in [0.2, 0.25) is 5.88 Å². The van der Waals surface area contributed by atoms with E-state index < -0.39 is 0 Å². The zero-order chi connectivity index (χ0) is 27.8. The van der Waals surface area contributed by atoms with Gasteiger partial charge in [0.25, 0.3) is 0 Å². The largest absolute Gasteiger partial charge is 0.478 e. The first-order valence-electron chi connectivity index (χ1n) is 14.4. The molecule has 2 aliphatic carbocycles. The van der Waals surface area contributed by atoms with E-state index in [-0.39, 0.29) is 48.2 Å². The number of fused-ring (bicyclic) bond motifs is 1. The second kappa shape index (κ2) is 11.1. The first-order chi connectivity index (χ1) is 18.6. The normalized spacial score (nSPS) is 27.6. The minimum Gasteiger partial charge on any atom is -0.478 e. The number of amidine groups is 1. The van der Waals surface area contributed by atoms with Gasteiger partial charge in [0, 0.05) is 12.0 Å². The second-order valence-corrected chi connectivity index (χ2v) is 12.0. The van der Waals surface area contributed by atoms with Crippen molar-refractivity contribution in [2.45, 2.75) is 104 Å². The van der Waals surface area contributed by atoms with Crippen LogP contribution in [0.15, 0.2) is 46.4 Å². The zero-order valence-corrected chi connectivity index (χ0v) is 24.4. The van der Waals surface area contributed by atoms with Gasteiger partial charge in [-0.3, -0.25) is 0 Å². The van der Waals surface area contributed by atoms with Crippen LogP contribution in [0.5, 0.6) is 11.9 Å². The van der Waals surface area contributed by atoms with Crippen LogP contribution in [0.2, 0.25) is 0 Å². The standard InChI is InChI=1S/C31H42N4O4/c1-16(2)36-24-15-23(32-30(33-24)38-18(5)6)21-14-22(25(21)20-12-10-9-11-13-20)26-27-28(26)34-31(39-19(7)8)35-29(27)37-17(3)4/h9-13,15-19,21-22,25-28H,14H2,1-8H3/t21-,22?,25+,26?,27?,28?/m1/s1. The van der Waals surface area contributed by atoms with E-state index in [0.717, 1.165) is 18.0 Å². The minimum atomic E-state index is -0.0282. The Morgan fingerprint density at radius 3 is 2.05 bits per heavy atom. The van der Waals surface area contributed by atoms with Gasteiger partial charge in [-0.25, -0.2) is 4.99 Å². The Kier molecular flexibility index (Phi) is 7.83. The maximum absolute atomic E-state index is 6.20. The fraction of sp³-hybridized carbons (Fsp3) is 0.613. The number of aromatic nitrogens is 2. The van der Waals surface area contributed by atoms with E-state index in [1.165, 1.54) is 5.56 Å². The summed E-state index contributed by atoms with van der Waals surface area (Å²) in [4.78, 5) is 19.0. The van der Waals surface area contributed by atoms with E-state index in [1.54, 1.807) is 0 Å². The molecular weight excluding hydrogens is 492 g/mol. The van der Waals surface area contributed by atoms with E-state index in [0.29, 0.717) is 29.7 Å². The number of hydrogen-bond donors (Lipinski definition) is 0. The van der Waals surface area contributed by atoms with Crippen molar-refractivity contribution in [3.63, 3.8) is 0 Å². The van der Waals surface area contributed by atoms with Crippen LogP contribution in [0.25, 0.3) is 0 Å². The quantitative estimate of drug-likeness (QED) is 0.382. The van der Waals surface area contributed by atoms with Crippen molar-refractivity contribution in [3.8, 4) is 11.9 Å². The molecule has 8 heteroatoms. The SMILES string of the molecule is CC(C)OC1=NC2C(C(OC(C)C)=N1)C2C1C[C@H](c2cc(OC(C)C)nc(OC(C)C)n2)[C@@H]1c1ccccc1. The highest BCUT2D eigenvalue weighted by Gasteiger charge is 2.65. The molecule has 1 aromatic heterocycles. The van der Waals surface area contributed by atoms with Gasteiger partial charge in [-0.2, -0.15) is 15.0 Å². The minimum absolute atomic E-state index is 0.00655. The van der Waals surface area contributed by atoms with Crippen molar-refractivity contribution in [3.05, 3.63) is 47.7 Å². The highest BCUT2D eigenvalue weighted by molar-refractivity contribution is 5.97. The molecule has 1 aliphatic heterocycles. The molecule has 0 saturated heterocycles. The lowest BCUT2D eigenvalue weighted by molar-refractivity contribution is 0.159. The van der Waals surface area contributed by atoms with Crippen molar-refractivity contribution in [1.29, 1.82) is 0 Å². The molecule has 8 nitrogen and oxygen atoms in total. The molecule has 4 unspecified atom stereocenters. The maximum Gasteiger partial charge on any atom is 0.320 e. The summed E-state index contributed by atoms with van der Waals surface area (Å²) >= 11 is 0. The fourth-order valence-electron chi connectivity index (χ4n) is 5.97. The van der Waals surface area contributed by atoms with Crippen molar-refractivity contribution in [2.24, 2.45) is 27.7 Å². The van der Waals surface area contributed by atoms with E-state index in [4.69, 9.17) is 33.9 Å². The molecule has 3 aliphatic rings. The first kappa shape index (κ1) is 27.4. The zero-order valence-electron chi connectivity index (χ0n) is 24.4. The van der Waals surface area contributed by atoms with Crippen molar-refractivity contribution in [2.75, 3.05) is 0 Å². The molecule has 2 aromatic rings. The average molecular weight is 535 g/mol. The smallest absolute Gasteiger partial charge is 0.320 e. The number of rotatable bonds is 9. The average Bonchev–Trinajstić information content (AvgIpc) is 3.51. The third-order valence-corrected chi connectivity index (χ3v) is 7.36. The van der Waals surface area contributed by atoms with Crippen LogP contribution in [0.1, 0.15) is 84.9 Å². The Balaban J connectivity index is 1.46. The van der Waals surface area contributed by atoms with E-state index >= 15 is 0 Å². The summed E-state index contributed by atoms with van der Waals surface area (Å²) in [6.45, 7) is 16.0. The van der Waals surface area contributed by atoms with Crippen LogP contribution in [-0.4, -0.2) is 52.3 Å². The molecule has 2 fully saturated rings. The molecule has 6 atom stereocenters. The van der Waals surface area contributed by atoms with Gasteiger partial charge in [-0.15, -0.1) is 0 Å². The van der Waals surface area contributed by atoms with E-state index in [2.05, 4.69) is 35.3 Å². The molecule has 2 saturated carbocycles. The first-order valence-corrected chi connectivity index (χ1v) is 14.4. The lowest BCUT2D eigenvalue weighted by atomic mass is 9.58. The summed E-state index contributed by atoms with van der Waals surface area (Å²) in [7, 11) is 0. The molecule has 2 heterocycles. The van der Waals surface area contributed by atoms with Crippen LogP contribution in [0.3, 0.4) is 0 Å². The molecule has 5 rings (SSSR count). The predicted molar refractivity (Wildman–Crippen MR) is 152 cm³/mol. The molecule has 1 aromatic carbocycles. The summed E-state index contributed by atoms with van der Waals surface area (Å²) in [5, 5.41) is 0. The third kappa shape index (κ3) is 6.04. The summed E-state index contributed by atoms with van der Waals surface area (Å²) in [6, 6.07) is 13.7. The fourth-order valence-corrected chi connectivity index (χ4v) is 5.97. The lowest BCUT2D eigenvalue weighted by Gasteiger charge is -2.45. The third-order valence-electron chi connectivity index (χ3n) is 7.36. The van der Waals surface area contributed by atoms with E-state index in [9.17, 15) is 0 Å². The Hall–Kier alpha value is -3.16. The van der Waals surface area contributed by atoms with Crippen LogP contribution < -0.4 is 9.47 Å². The van der Waals surface area contributed by atoms with Crippen LogP contribution in [0.4, 0.5) is 0 Å². The number of hydrogen-bond acceptors (Lipinski definition) is 8.